The summed E-state index contributed by atoms with van der Waals surface area (Å²) >= 11 is 0. The Morgan fingerprint density at radius 2 is 2.06 bits per heavy atom. The zero-order valence-corrected chi connectivity index (χ0v) is 10.1. The van der Waals surface area contributed by atoms with Crippen molar-refractivity contribution in [3.05, 3.63) is 28.3 Å². The average molecular weight is 260 g/mol. The van der Waals surface area contributed by atoms with E-state index in [4.69, 9.17) is 0 Å². The zero-order chi connectivity index (χ0) is 13.2. The molecule has 0 aliphatic heterocycles. The van der Waals surface area contributed by atoms with Gasteiger partial charge in [-0.1, -0.05) is 6.92 Å². The summed E-state index contributed by atoms with van der Waals surface area (Å²) < 4.78 is 24.8. The monoisotopic (exact) mass is 260 g/mol. The van der Waals surface area contributed by atoms with Gasteiger partial charge in [-0.15, -0.1) is 0 Å². The molecule has 0 unspecified atom stereocenters. The maximum Gasteiger partial charge on any atom is 0.312 e. The second kappa shape index (κ2) is 4.68. The Bertz CT molecular complexity index is 540. The number of aromatic hydroxyl groups is 1. The molecule has 0 saturated heterocycles. The number of benzene rings is 1. The van der Waals surface area contributed by atoms with Gasteiger partial charge >= 0.3 is 5.69 Å². The van der Waals surface area contributed by atoms with Gasteiger partial charge in [-0.2, -0.15) is 0 Å². The third-order valence-electron chi connectivity index (χ3n) is 2.30. The molecule has 0 aliphatic rings. The van der Waals surface area contributed by atoms with E-state index >= 15 is 0 Å². The van der Waals surface area contributed by atoms with Crippen LogP contribution >= 0.6 is 0 Å². The summed E-state index contributed by atoms with van der Waals surface area (Å²) in [4.78, 5) is 9.53. The minimum atomic E-state index is -3.74. The number of nitrogens with zero attached hydrogens (tertiary/aromatic N) is 2. The van der Waals surface area contributed by atoms with Gasteiger partial charge in [0.15, 0.2) is 5.75 Å². The topological polar surface area (TPSA) is 101 Å². The molecule has 1 aromatic rings. The van der Waals surface area contributed by atoms with E-state index in [0.717, 1.165) is 22.5 Å². The van der Waals surface area contributed by atoms with Crippen molar-refractivity contribution in [2.45, 2.75) is 11.8 Å². The first kappa shape index (κ1) is 13.4. The molecule has 0 aromatic heterocycles. The van der Waals surface area contributed by atoms with Crippen LogP contribution in [0.1, 0.15) is 6.92 Å². The highest BCUT2D eigenvalue weighted by Gasteiger charge is 2.23. The maximum atomic E-state index is 11.9. The van der Waals surface area contributed by atoms with Crippen LogP contribution < -0.4 is 0 Å². The van der Waals surface area contributed by atoms with Crippen molar-refractivity contribution in [3.8, 4) is 5.75 Å². The van der Waals surface area contributed by atoms with Gasteiger partial charge in [0, 0.05) is 19.7 Å². The lowest BCUT2D eigenvalue weighted by molar-refractivity contribution is -0.386. The second-order valence-corrected chi connectivity index (χ2v) is 5.37. The number of hydrogen-bond donors (Lipinski definition) is 1. The predicted octanol–water partition coefficient (Wildman–Crippen LogP) is 0.941. The molecule has 0 atom stereocenters. The van der Waals surface area contributed by atoms with E-state index < -0.39 is 26.4 Å². The number of sulfonamides is 1. The molecule has 8 heteroatoms. The van der Waals surface area contributed by atoms with Crippen LogP contribution in [0, 0.1) is 10.1 Å². The first-order valence-corrected chi connectivity index (χ1v) is 6.18. The standard InChI is InChI=1S/C9H12N2O5S/c1-3-10(2)17(15,16)7-4-5-9(12)8(6-7)11(13)14/h4-6,12H,3H2,1-2H3. The fraction of sp³-hybridized carbons (Fsp3) is 0.333. The van der Waals surface area contributed by atoms with Crippen LogP contribution in [0.25, 0.3) is 0 Å². The van der Waals surface area contributed by atoms with E-state index in [9.17, 15) is 23.6 Å². The first-order chi connectivity index (χ1) is 7.80. The summed E-state index contributed by atoms with van der Waals surface area (Å²) in [5.74, 6) is -0.562. The molecule has 1 aromatic carbocycles. The maximum absolute atomic E-state index is 11.9. The van der Waals surface area contributed by atoms with Crippen molar-refractivity contribution in [1.29, 1.82) is 0 Å². The van der Waals surface area contributed by atoms with Crippen LogP contribution in [0.5, 0.6) is 5.75 Å². The van der Waals surface area contributed by atoms with Crippen LogP contribution in [0.15, 0.2) is 23.1 Å². The fourth-order valence-corrected chi connectivity index (χ4v) is 2.36. The summed E-state index contributed by atoms with van der Waals surface area (Å²) in [6.45, 7) is 1.89. The smallest absolute Gasteiger partial charge is 0.312 e. The SMILES string of the molecule is CCN(C)S(=O)(=O)c1ccc(O)c([N+](=O)[O-])c1. The van der Waals surface area contributed by atoms with Gasteiger partial charge in [-0.05, 0) is 12.1 Å². The molecule has 0 spiro atoms. The van der Waals surface area contributed by atoms with Crippen molar-refractivity contribution in [1.82, 2.24) is 4.31 Å². The lowest BCUT2D eigenvalue weighted by atomic mass is 10.3. The molecule has 1 rings (SSSR count). The summed E-state index contributed by atoms with van der Waals surface area (Å²) in [6, 6.07) is 2.97. The van der Waals surface area contributed by atoms with Crippen molar-refractivity contribution in [3.63, 3.8) is 0 Å². The average Bonchev–Trinajstić information content (AvgIpc) is 2.27. The highest BCUT2D eigenvalue weighted by Crippen LogP contribution is 2.29. The lowest BCUT2D eigenvalue weighted by Crippen LogP contribution is -2.26. The first-order valence-electron chi connectivity index (χ1n) is 4.74. The molecule has 7 nitrogen and oxygen atoms in total. The van der Waals surface area contributed by atoms with Gasteiger partial charge < -0.3 is 5.11 Å². The van der Waals surface area contributed by atoms with Crippen molar-refractivity contribution in [2.24, 2.45) is 0 Å². The van der Waals surface area contributed by atoms with Crippen molar-refractivity contribution in [2.75, 3.05) is 13.6 Å². The molecule has 0 saturated carbocycles. The summed E-state index contributed by atoms with van der Waals surface area (Å²) in [6.07, 6.45) is 0. The van der Waals surface area contributed by atoms with Gasteiger partial charge in [-0.25, -0.2) is 12.7 Å². The second-order valence-electron chi connectivity index (χ2n) is 3.33. The Morgan fingerprint density at radius 1 is 1.47 bits per heavy atom. The summed E-state index contributed by atoms with van der Waals surface area (Å²) in [5.41, 5.74) is -0.629. The molecule has 0 aliphatic carbocycles. The largest absolute Gasteiger partial charge is 0.502 e. The quantitative estimate of drug-likeness (QED) is 0.641. The van der Waals surface area contributed by atoms with Gasteiger partial charge in [0.25, 0.3) is 0 Å². The number of nitro benzene ring substituents is 1. The predicted molar refractivity (Wildman–Crippen MR) is 60.3 cm³/mol. The van der Waals surface area contributed by atoms with E-state index in [1.54, 1.807) is 6.92 Å². The minimum absolute atomic E-state index is 0.216. The molecule has 17 heavy (non-hydrogen) atoms. The summed E-state index contributed by atoms with van der Waals surface area (Å²) in [5, 5.41) is 19.8. The van der Waals surface area contributed by atoms with Gasteiger partial charge in [0.1, 0.15) is 0 Å². The van der Waals surface area contributed by atoms with E-state index in [-0.39, 0.29) is 11.4 Å². The van der Waals surface area contributed by atoms with E-state index in [1.165, 1.54) is 7.05 Å². The Kier molecular flexibility index (Phi) is 3.69. The molecular weight excluding hydrogens is 248 g/mol. The highest BCUT2D eigenvalue weighted by molar-refractivity contribution is 7.89. The molecule has 0 amide bonds. The number of phenols is 1. The molecule has 1 N–H and O–H groups in total. The van der Waals surface area contributed by atoms with Crippen LogP contribution in [-0.2, 0) is 10.0 Å². The van der Waals surface area contributed by atoms with Gasteiger partial charge in [0.05, 0.1) is 9.82 Å². The number of hydrogen-bond acceptors (Lipinski definition) is 5. The molecular formula is C9H12N2O5S. The minimum Gasteiger partial charge on any atom is -0.502 e. The third kappa shape index (κ3) is 2.53. The molecule has 94 valence electrons. The number of rotatable bonds is 4. The molecule has 0 radical (unpaired) electrons. The van der Waals surface area contributed by atoms with Crippen LogP contribution in [0.3, 0.4) is 0 Å². The third-order valence-corrected chi connectivity index (χ3v) is 4.23. The lowest BCUT2D eigenvalue weighted by Gasteiger charge is -2.14. The van der Waals surface area contributed by atoms with Crippen molar-refractivity contribution < 1.29 is 18.4 Å². The summed E-state index contributed by atoms with van der Waals surface area (Å²) in [7, 11) is -2.37. The van der Waals surface area contributed by atoms with Gasteiger partial charge in [0.2, 0.25) is 10.0 Å². The normalized spacial score (nSPS) is 11.7. The Morgan fingerprint density at radius 3 is 2.53 bits per heavy atom. The van der Waals surface area contributed by atoms with E-state index in [0.29, 0.717) is 0 Å². The van der Waals surface area contributed by atoms with Crippen LogP contribution in [0.4, 0.5) is 5.69 Å². The van der Waals surface area contributed by atoms with Gasteiger partial charge in [-0.3, -0.25) is 10.1 Å². The Balaban J connectivity index is 3.35. The van der Waals surface area contributed by atoms with Crippen LogP contribution in [0.2, 0.25) is 0 Å². The molecule has 0 bridgehead atoms. The van der Waals surface area contributed by atoms with E-state index in [2.05, 4.69) is 0 Å². The Hall–Kier alpha value is -1.67. The fourth-order valence-electron chi connectivity index (χ4n) is 1.16. The highest BCUT2D eigenvalue weighted by atomic mass is 32.2. The number of phenolic OH excluding ortho intramolecular Hbond substituents is 1. The zero-order valence-electron chi connectivity index (χ0n) is 9.32. The van der Waals surface area contributed by atoms with E-state index in [1.807, 2.05) is 0 Å². The van der Waals surface area contributed by atoms with Crippen molar-refractivity contribution >= 4 is 15.7 Å². The van der Waals surface area contributed by atoms with Crippen LogP contribution in [-0.4, -0.2) is 36.3 Å². The molecule has 0 fully saturated rings. The number of nitro groups is 1. The Labute approximate surface area is 98.5 Å². The molecule has 0 heterocycles.